The molecule has 0 aliphatic carbocycles. The molecule has 2 aromatic rings. The molecule has 0 saturated heterocycles. The van der Waals surface area contributed by atoms with E-state index >= 15 is 0 Å². The van der Waals surface area contributed by atoms with Gasteiger partial charge in [0.1, 0.15) is 0 Å². The third kappa shape index (κ3) is 4.55. The first-order valence-electron chi connectivity index (χ1n) is 4.98. The molecular weight excluding hydrogens is 255 g/mol. The number of nitrogen functional groups attached to an aromatic ring is 1. The molecular formula is C13H16Cl2N2. The van der Waals surface area contributed by atoms with E-state index < -0.39 is 0 Å². The standard InChI is InChI=1S/C13H14N2.2ClH/c14-13-9-5-4-6-11(13)10-15-12-7-2-1-3-8-12;;/h1-9,15H,10,14H2;2*1H. The molecule has 3 N–H and O–H groups in total. The summed E-state index contributed by atoms with van der Waals surface area (Å²) in [6.45, 7) is 0.761. The molecule has 0 unspecified atom stereocenters. The number of nitrogens with two attached hydrogens (primary N) is 1. The summed E-state index contributed by atoms with van der Waals surface area (Å²) in [4.78, 5) is 0. The van der Waals surface area contributed by atoms with Gasteiger partial charge in [0.25, 0.3) is 0 Å². The summed E-state index contributed by atoms with van der Waals surface area (Å²) >= 11 is 0. The molecule has 2 nitrogen and oxygen atoms in total. The van der Waals surface area contributed by atoms with Crippen LogP contribution in [0.5, 0.6) is 0 Å². The largest absolute Gasteiger partial charge is 0.398 e. The van der Waals surface area contributed by atoms with Crippen LogP contribution in [0.4, 0.5) is 11.4 Å². The van der Waals surface area contributed by atoms with Gasteiger partial charge in [0, 0.05) is 17.9 Å². The molecule has 2 aromatic carbocycles. The summed E-state index contributed by atoms with van der Waals surface area (Å²) in [5.74, 6) is 0. The fourth-order valence-corrected chi connectivity index (χ4v) is 1.45. The van der Waals surface area contributed by atoms with E-state index in [2.05, 4.69) is 5.32 Å². The van der Waals surface area contributed by atoms with Crippen LogP contribution in [-0.2, 0) is 6.54 Å². The van der Waals surface area contributed by atoms with Crippen molar-refractivity contribution in [2.45, 2.75) is 6.54 Å². The molecule has 17 heavy (non-hydrogen) atoms. The lowest BCUT2D eigenvalue weighted by atomic mass is 10.2. The Kier molecular flexibility index (Phi) is 7.19. The molecule has 0 radical (unpaired) electrons. The fraction of sp³-hybridized carbons (Fsp3) is 0.0769. The summed E-state index contributed by atoms with van der Waals surface area (Å²) in [5.41, 5.74) is 8.92. The van der Waals surface area contributed by atoms with Crippen LogP contribution in [0.1, 0.15) is 5.56 Å². The van der Waals surface area contributed by atoms with Crippen LogP contribution in [0.2, 0.25) is 0 Å². The van der Waals surface area contributed by atoms with E-state index in [-0.39, 0.29) is 24.8 Å². The van der Waals surface area contributed by atoms with E-state index in [0.29, 0.717) is 0 Å². The number of benzene rings is 2. The molecule has 92 valence electrons. The Morgan fingerprint density at radius 1 is 0.824 bits per heavy atom. The van der Waals surface area contributed by atoms with Gasteiger partial charge in [-0.15, -0.1) is 24.8 Å². The molecule has 0 aliphatic rings. The Balaban J connectivity index is 0.00000128. The van der Waals surface area contributed by atoms with Crippen molar-refractivity contribution in [2.75, 3.05) is 11.1 Å². The second-order valence-electron chi connectivity index (χ2n) is 3.42. The van der Waals surface area contributed by atoms with Crippen LogP contribution in [-0.4, -0.2) is 0 Å². The number of hydrogen-bond acceptors (Lipinski definition) is 2. The Labute approximate surface area is 114 Å². The first kappa shape index (κ1) is 15.6. The van der Waals surface area contributed by atoms with Crippen LogP contribution in [0, 0.1) is 0 Å². The van der Waals surface area contributed by atoms with E-state index in [4.69, 9.17) is 5.73 Å². The first-order chi connectivity index (χ1) is 7.36. The second kappa shape index (κ2) is 7.82. The maximum atomic E-state index is 5.84. The fourth-order valence-electron chi connectivity index (χ4n) is 1.45. The molecule has 4 heteroatoms. The van der Waals surface area contributed by atoms with Gasteiger partial charge in [-0.1, -0.05) is 36.4 Å². The van der Waals surface area contributed by atoms with Gasteiger partial charge in [0.05, 0.1) is 0 Å². The van der Waals surface area contributed by atoms with E-state index in [1.54, 1.807) is 0 Å². The molecule has 0 amide bonds. The van der Waals surface area contributed by atoms with E-state index in [0.717, 1.165) is 23.5 Å². The number of anilines is 2. The van der Waals surface area contributed by atoms with Crippen molar-refractivity contribution >= 4 is 36.2 Å². The molecule has 0 heterocycles. The Morgan fingerprint density at radius 3 is 2.06 bits per heavy atom. The summed E-state index contributed by atoms with van der Waals surface area (Å²) in [7, 11) is 0. The molecule has 0 aliphatic heterocycles. The molecule has 0 fully saturated rings. The molecule has 0 atom stereocenters. The molecule has 2 rings (SSSR count). The van der Waals surface area contributed by atoms with Crippen LogP contribution in [0.25, 0.3) is 0 Å². The number of hydrogen-bond donors (Lipinski definition) is 2. The smallest absolute Gasteiger partial charge is 0.0421 e. The van der Waals surface area contributed by atoms with Crippen LogP contribution in [0.3, 0.4) is 0 Å². The van der Waals surface area contributed by atoms with E-state index in [9.17, 15) is 0 Å². The Bertz CT molecular complexity index is 432. The monoisotopic (exact) mass is 270 g/mol. The van der Waals surface area contributed by atoms with Gasteiger partial charge in [0.15, 0.2) is 0 Å². The number of rotatable bonds is 3. The minimum atomic E-state index is 0. The van der Waals surface area contributed by atoms with Crippen LogP contribution in [0.15, 0.2) is 54.6 Å². The third-order valence-corrected chi connectivity index (χ3v) is 2.31. The Hall–Kier alpha value is -1.38. The number of nitrogens with one attached hydrogen (secondary N) is 1. The number of para-hydroxylation sites is 2. The lowest BCUT2D eigenvalue weighted by Gasteiger charge is -2.08. The highest BCUT2D eigenvalue weighted by atomic mass is 35.5. The van der Waals surface area contributed by atoms with E-state index in [1.165, 1.54) is 0 Å². The van der Waals surface area contributed by atoms with Crippen molar-refractivity contribution in [1.29, 1.82) is 0 Å². The van der Waals surface area contributed by atoms with Gasteiger partial charge in [-0.3, -0.25) is 0 Å². The zero-order chi connectivity index (χ0) is 10.5. The van der Waals surface area contributed by atoms with Crippen molar-refractivity contribution in [3.05, 3.63) is 60.2 Å². The van der Waals surface area contributed by atoms with Crippen molar-refractivity contribution in [3.8, 4) is 0 Å². The lowest BCUT2D eigenvalue weighted by Crippen LogP contribution is -2.02. The average Bonchev–Trinajstić information content (AvgIpc) is 2.29. The average molecular weight is 271 g/mol. The second-order valence-corrected chi connectivity index (χ2v) is 3.42. The topological polar surface area (TPSA) is 38.0 Å². The molecule has 0 saturated carbocycles. The molecule has 0 bridgehead atoms. The quantitative estimate of drug-likeness (QED) is 0.835. The maximum Gasteiger partial charge on any atom is 0.0421 e. The van der Waals surface area contributed by atoms with Crippen molar-refractivity contribution in [3.63, 3.8) is 0 Å². The minimum absolute atomic E-state index is 0. The van der Waals surface area contributed by atoms with Crippen molar-refractivity contribution in [1.82, 2.24) is 0 Å². The summed E-state index contributed by atoms with van der Waals surface area (Å²) in [5, 5.41) is 3.32. The van der Waals surface area contributed by atoms with Gasteiger partial charge in [0.2, 0.25) is 0 Å². The first-order valence-corrected chi connectivity index (χ1v) is 4.98. The van der Waals surface area contributed by atoms with Crippen LogP contribution < -0.4 is 11.1 Å². The Morgan fingerprint density at radius 2 is 1.41 bits per heavy atom. The zero-order valence-corrected chi connectivity index (χ0v) is 10.9. The predicted octanol–water partition coefficient (Wildman–Crippen LogP) is 3.72. The normalized spacial score (nSPS) is 8.71. The minimum Gasteiger partial charge on any atom is -0.398 e. The summed E-state index contributed by atoms with van der Waals surface area (Å²) < 4.78 is 0. The maximum absolute atomic E-state index is 5.84. The van der Waals surface area contributed by atoms with Gasteiger partial charge in [-0.2, -0.15) is 0 Å². The van der Waals surface area contributed by atoms with Crippen LogP contribution >= 0.6 is 24.8 Å². The van der Waals surface area contributed by atoms with Gasteiger partial charge < -0.3 is 11.1 Å². The SMILES string of the molecule is Cl.Cl.Nc1ccccc1CNc1ccccc1. The molecule has 0 spiro atoms. The zero-order valence-electron chi connectivity index (χ0n) is 9.30. The lowest BCUT2D eigenvalue weighted by molar-refractivity contribution is 1.15. The van der Waals surface area contributed by atoms with Crippen molar-refractivity contribution < 1.29 is 0 Å². The van der Waals surface area contributed by atoms with Crippen molar-refractivity contribution in [2.24, 2.45) is 0 Å². The third-order valence-electron chi connectivity index (χ3n) is 2.31. The summed E-state index contributed by atoms with van der Waals surface area (Å²) in [6.07, 6.45) is 0. The van der Waals surface area contributed by atoms with Gasteiger partial charge >= 0.3 is 0 Å². The van der Waals surface area contributed by atoms with E-state index in [1.807, 2.05) is 54.6 Å². The van der Waals surface area contributed by atoms with Gasteiger partial charge in [-0.05, 0) is 23.8 Å². The highest BCUT2D eigenvalue weighted by Crippen LogP contribution is 2.13. The van der Waals surface area contributed by atoms with Gasteiger partial charge in [-0.25, -0.2) is 0 Å². The highest BCUT2D eigenvalue weighted by Gasteiger charge is 1.96. The highest BCUT2D eigenvalue weighted by molar-refractivity contribution is 5.85. The predicted molar refractivity (Wildman–Crippen MR) is 79.1 cm³/mol. The number of halogens is 2. The molecule has 0 aromatic heterocycles. The summed E-state index contributed by atoms with van der Waals surface area (Å²) in [6, 6.07) is 18.0.